The summed E-state index contributed by atoms with van der Waals surface area (Å²) in [6.07, 6.45) is 20.1. The Morgan fingerprint density at radius 3 is 2.24 bits per heavy atom. The maximum absolute atomic E-state index is 2.46. The maximum atomic E-state index is 2.46. The smallest absolute Gasteiger partial charge is 0.000773 e. The van der Waals surface area contributed by atoms with Crippen molar-refractivity contribution in [1.29, 1.82) is 0 Å². The Hall–Kier alpha value is -0.780. The van der Waals surface area contributed by atoms with E-state index in [0.717, 1.165) is 12.3 Å². The van der Waals surface area contributed by atoms with Crippen LogP contribution in [0.2, 0.25) is 0 Å². The van der Waals surface area contributed by atoms with Gasteiger partial charge < -0.3 is 0 Å². The van der Waals surface area contributed by atoms with Crippen LogP contribution in [0.3, 0.4) is 0 Å². The fourth-order valence-electron chi connectivity index (χ4n) is 3.53. The minimum Gasteiger partial charge on any atom is -0.0839 e. The first-order chi connectivity index (χ1) is 9.92. The van der Waals surface area contributed by atoms with Gasteiger partial charge in [-0.15, -0.1) is 0 Å². The molecular weight excluding hydrogens is 252 g/mol. The monoisotopic (exact) mass is 288 g/mol. The molecule has 0 atom stereocenters. The SMILES string of the molecule is CC.CC1(C)C=CC/C=C(C(C)(C)C2CCCCC2)\C=C/1. The van der Waals surface area contributed by atoms with Gasteiger partial charge in [0.25, 0.3) is 0 Å². The van der Waals surface area contributed by atoms with Crippen molar-refractivity contribution in [3.05, 3.63) is 36.0 Å². The summed E-state index contributed by atoms with van der Waals surface area (Å²) in [5.74, 6) is 0.865. The first-order valence-corrected chi connectivity index (χ1v) is 8.99. The molecule has 0 aromatic rings. The lowest BCUT2D eigenvalue weighted by Crippen LogP contribution is -2.28. The highest BCUT2D eigenvalue weighted by Gasteiger charge is 2.33. The fourth-order valence-corrected chi connectivity index (χ4v) is 3.53. The molecule has 0 heterocycles. The summed E-state index contributed by atoms with van der Waals surface area (Å²) in [6.45, 7) is 13.5. The topological polar surface area (TPSA) is 0 Å². The second-order valence-corrected chi connectivity index (χ2v) is 7.51. The van der Waals surface area contributed by atoms with Crippen LogP contribution in [0.4, 0.5) is 0 Å². The van der Waals surface area contributed by atoms with E-state index in [9.17, 15) is 0 Å². The van der Waals surface area contributed by atoms with Crippen molar-refractivity contribution in [1.82, 2.24) is 0 Å². The highest BCUT2D eigenvalue weighted by molar-refractivity contribution is 5.31. The number of hydrogen-bond donors (Lipinski definition) is 0. The Balaban J connectivity index is 0.00000106. The largest absolute Gasteiger partial charge is 0.0839 e. The van der Waals surface area contributed by atoms with Gasteiger partial charge in [0.05, 0.1) is 0 Å². The Morgan fingerprint density at radius 1 is 1.00 bits per heavy atom. The van der Waals surface area contributed by atoms with Crippen LogP contribution < -0.4 is 0 Å². The molecule has 0 heteroatoms. The number of rotatable bonds is 2. The molecule has 0 amide bonds. The second-order valence-electron chi connectivity index (χ2n) is 7.51. The third kappa shape index (κ3) is 5.16. The van der Waals surface area contributed by atoms with Crippen LogP contribution in [0.25, 0.3) is 0 Å². The van der Waals surface area contributed by atoms with Crippen molar-refractivity contribution < 1.29 is 0 Å². The highest BCUT2D eigenvalue weighted by Crippen LogP contribution is 2.44. The van der Waals surface area contributed by atoms with Gasteiger partial charge in [-0.05, 0) is 36.2 Å². The molecule has 2 aliphatic rings. The van der Waals surface area contributed by atoms with Crippen molar-refractivity contribution in [2.45, 2.75) is 80.1 Å². The molecular formula is C21H36. The van der Waals surface area contributed by atoms with Crippen LogP contribution in [0.5, 0.6) is 0 Å². The maximum Gasteiger partial charge on any atom is 0.000773 e. The lowest BCUT2D eigenvalue weighted by Gasteiger charge is -2.39. The van der Waals surface area contributed by atoms with Gasteiger partial charge in [-0.3, -0.25) is 0 Å². The lowest BCUT2D eigenvalue weighted by atomic mass is 9.66. The zero-order valence-corrected chi connectivity index (χ0v) is 15.2. The molecule has 0 spiro atoms. The molecule has 0 aromatic heterocycles. The summed E-state index contributed by atoms with van der Waals surface area (Å²) in [5.41, 5.74) is 2.08. The molecule has 0 radical (unpaired) electrons. The molecule has 2 rings (SSSR count). The van der Waals surface area contributed by atoms with E-state index >= 15 is 0 Å². The van der Waals surface area contributed by atoms with Crippen molar-refractivity contribution in [3.8, 4) is 0 Å². The van der Waals surface area contributed by atoms with Gasteiger partial charge in [0.2, 0.25) is 0 Å². The van der Waals surface area contributed by atoms with Crippen molar-refractivity contribution in [2.24, 2.45) is 16.7 Å². The molecule has 0 aromatic carbocycles. The fraction of sp³-hybridized carbons (Fsp3) is 0.714. The predicted octanol–water partition coefficient (Wildman–Crippen LogP) is 7.09. The first kappa shape index (κ1) is 18.3. The summed E-state index contributed by atoms with van der Waals surface area (Å²) < 4.78 is 0. The molecule has 21 heavy (non-hydrogen) atoms. The molecule has 0 bridgehead atoms. The van der Waals surface area contributed by atoms with Gasteiger partial charge in [0.15, 0.2) is 0 Å². The zero-order chi connectivity index (χ0) is 15.9. The second kappa shape index (κ2) is 8.01. The number of allylic oxidation sites excluding steroid dienone is 6. The average Bonchev–Trinajstić information content (AvgIpc) is 2.47. The van der Waals surface area contributed by atoms with Gasteiger partial charge in [-0.25, -0.2) is 0 Å². The summed E-state index contributed by atoms with van der Waals surface area (Å²) in [4.78, 5) is 0. The van der Waals surface area contributed by atoms with Crippen LogP contribution in [-0.2, 0) is 0 Å². The van der Waals surface area contributed by atoms with Crippen LogP contribution in [0.1, 0.15) is 80.1 Å². The zero-order valence-electron chi connectivity index (χ0n) is 15.2. The third-order valence-corrected chi connectivity index (χ3v) is 5.08. The first-order valence-electron chi connectivity index (χ1n) is 8.99. The van der Waals surface area contributed by atoms with Gasteiger partial charge in [0.1, 0.15) is 0 Å². The average molecular weight is 289 g/mol. The summed E-state index contributed by atoms with van der Waals surface area (Å²) >= 11 is 0. The highest BCUT2D eigenvalue weighted by atomic mass is 14.4. The van der Waals surface area contributed by atoms with E-state index in [4.69, 9.17) is 0 Å². The van der Waals surface area contributed by atoms with E-state index in [1.54, 1.807) is 5.57 Å². The molecule has 0 N–H and O–H groups in total. The number of hydrogen-bond acceptors (Lipinski definition) is 0. The summed E-state index contributed by atoms with van der Waals surface area (Å²) in [5, 5.41) is 0. The minimum atomic E-state index is 0.197. The van der Waals surface area contributed by atoms with Crippen molar-refractivity contribution in [2.75, 3.05) is 0 Å². The Bertz CT molecular complexity index is 384. The molecule has 1 fully saturated rings. The van der Waals surface area contributed by atoms with E-state index in [2.05, 4.69) is 58.1 Å². The normalized spacial score (nSPS) is 26.7. The van der Waals surface area contributed by atoms with Crippen LogP contribution in [0.15, 0.2) is 36.0 Å². The Labute approximate surface area is 133 Å². The molecule has 0 saturated heterocycles. The lowest BCUT2D eigenvalue weighted by molar-refractivity contribution is 0.200. The minimum absolute atomic E-state index is 0.197. The van der Waals surface area contributed by atoms with Crippen molar-refractivity contribution in [3.63, 3.8) is 0 Å². The van der Waals surface area contributed by atoms with Gasteiger partial charge in [0, 0.05) is 5.41 Å². The van der Waals surface area contributed by atoms with Gasteiger partial charge in [-0.1, -0.05) is 91.2 Å². The molecule has 0 unspecified atom stereocenters. The Kier molecular flexibility index (Phi) is 6.97. The molecule has 1 saturated carbocycles. The quantitative estimate of drug-likeness (QED) is 0.476. The van der Waals surface area contributed by atoms with Gasteiger partial charge >= 0.3 is 0 Å². The van der Waals surface area contributed by atoms with E-state index in [-0.39, 0.29) is 5.41 Å². The van der Waals surface area contributed by atoms with E-state index in [1.165, 1.54) is 32.1 Å². The van der Waals surface area contributed by atoms with Crippen molar-refractivity contribution >= 4 is 0 Å². The molecule has 0 aliphatic heterocycles. The van der Waals surface area contributed by atoms with Crippen LogP contribution in [0, 0.1) is 16.7 Å². The molecule has 120 valence electrons. The molecule has 2 aliphatic carbocycles. The Morgan fingerprint density at radius 2 is 1.62 bits per heavy atom. The standard InChI is InChI=1S/C19H30.C2H6/c1-18(2)14-9-8-12-17(13-15-18)19(3,4)16-10-6-5-7-11-16;1-2/h9,12-16H,5-8,10-11H2,1-4H3;1-2H3/b14-9?,15-13-,17-12+;. The summed E-state index contributed by atoms with van der Waals surface area (Å²) in [6, 6.07) is 0. The third-order valence-electron chi connectivity index (χ3n) is 5.08. The van der Waals surface area contributed by atoms with Gasteiger partial charge in [-0.2, -0.15) is 0 Å². The van der Waals surface area contributed by atoms with E-state index in [0.29, 0.717) is 5.41 Å². The van der Waals surface area contributed by atoms with E-state index in [1.807, 2.05) is 13.8 Å². The van der Waals surface area contributed by atoms with E-state index < -0.39 is 0 Å². The predicted molar refractivity (Wildman–Crippen MR) is 96.5 cm³/mol. The molecule has 0 nitrogen and oxygen atoms in total. The summed E-state index contributed by atoms with van der Waals surface area (Å²) in [7, 11) is 0. The van der Waals surface area contributed by atoms with Crippen LogP contribution in [-0.4, -0.2) is 0 Å². The van der Waals surface area contributed by atoms with Crippen LogP contribution >= 0.6 is 0 Å².